The fourth-order valence-electron chi connectivity index (χ4n) is 7.45. The number of fused-ring (bicyclic) bond motifs is 6. The molecule has 0 atom stereocenters. The Morgan fingerprint density at radius 1 is 0.429 bits per heavy atom. The quantitative estimate of drug-likeness (QED) is 0.174. The van der Waals surface area contributed by atoms with Gasteiger partial charge in [-0.05, 0) is 95.4 Å². The minimum atomic E-state index is -1.77. The van der Waals surface area contributed by atoms with Crippen molar-refractivity contribution in [2.75, 3.05) is 0 Å². The van der Waals surface area contributed by atoms with Gasteiger partial charge < -0.3 is 4.57 Å². The largest absolute Gasteiger partial charge is 0.309 e. The molecular weight excluding hydrogens is 611 g/mol. The maximum Gasteiger partial charge on any atom is 0.0541 e. The lowest BCUT2D eigenvalue weighted by molar-refractivity contribution is 1.14. The van der Waals surface area contributed by atoms with Gasteiger partial charge in [0.25, 0.3) is 0 Å². The van der Waals surface area contributed by atoms with Crippen molar-refractivity contribution in [1.82, 2.24) is 4.57 Å². The molecule has 1 heterocycles. The summed E-state index contributed by atoms with van der Waals surface area (Å²) in [6.45, 7) is 8.00. The smallest absolute Gasteiger partial charge is 0.0541 e. The van der Waals surface area contributed by atoms with Crippen LogP contribution in [0, 0.1) is 0 Å². The summed E-state index contributed by atoms with van der Waals surface area (Å²) in [5, 5.41) is 2.58. The van der Waals surface area contributed by atoms with Gasteiger partial charge in [0.15, 0.2) is 0 Å². The summed E-state index contributed by atoms with van der Waals surface area (Å²) in [7, 11) is -1.77. The molecule has 1 aromatic heterocycles. The highest BCUT2D eigenvalue weighted by molar-refractivity contribution is 8.34. The van der Waals surface area contributed by atoms with E-state index in [0.717, 1.165) is 6.42 Å². The Hall–Kier alpha value is -5.31. The molecule has 0 unspecified atom stereocenters. The summed E-state index contributed by atoms with van der Waals surface area (Å²) in [4.78, 5) is 5.51. The molecular formula is C47H43NS. The Morgan fingerprint density at radius 2 is 0.898 bits per heavy atom. The molecule has 1 aliphatic carbocycles. The van der Waals surface area contributed by atoms with Crippen molar-refractivity contribution in [2.24, 2.45) is 0 Å². The first kappa shape index (κ1) is 32.2. The third-order valence-corrected chi connectivity index (χ3v) is 13.3. The van der Waals surface area contributed by atoms with Crippen LogP contribution in [0.5, 0.6) is 0 Å². The Kier molecular flexibility index (Phi) is 9.24. The van der Waals surface area contributed by atoms with E-state index in [1.54, 1.807) is 0 Å². The molecule has 0 spiro atoms. The highest BCUT2D eigenvalue weighted by Crippen LogP contribution is 2.74. The van der Waals surface area contributed by atoms with Crippen LogP contribution in [0.4, 0.5) is 0 Å². The van der Waals surface area contributed by atoms with Crippen LogP contribution in [-0.4, -0.2) is 4.57 Å². The first-order valence-electron chi connectivity index (χ1n) is 17.6. The molecule has 0 aliphatic heterocycles. The van der Waals surface area contributed by atoms with Gasteiger partial charge in [-0.1, -0.05) is 137 Å². The summed E-state index contributed by atoms with van der Waals surface area (Å²) < 4.78 is 2.43. The first-order valence-corrected chi connectivity index (χ1v) is 19.2. The fraction of sp³-hybridized carbons (Fsp3) is 0.106. The van der Waals surface area contributed by atoms with Crippen LogP contribution < -0.4 is 0 Å². The maximum absolute atomic E-state index is 2.43. The number of benzene rings is 7. The summed E-state index contributed by atoms with van der Waals surface area (Å²) in [6.07, 6.45) is 0.926. The van der Waals surface area contributed by atoms with E-state index in [4.69, 9.17) is 0 Å². The van der Waals surface area contributed by atoms with Crippen LogP contribution in [-0.2, 0) is 6.42 Å². The van der Waals surface area contributed by atoms with E-state index >= 15 is 0 Å². The summed E-state index contributed by atoms with van der Waals surface area (Å²) in [5.41, 5.74) is 9.22. The van der Waals surface area contributed by atoms with Gasteiger partial charge in [0.05, 0.1) is 11.0 Å². The second-order valence-corrected chi connectivity index (χ2v) is 14.8. The van der Waals surface area contributed by atoms with Crippen LogP contribution in [0.1, 0.15) is 38.8 Å². The average Bonchev–Trinajstić information content (AvgIpc) is 3.74. The van der Waals surface area contributed by atoms with Gasteiger partial charge in [-0.25, -0.2) is 0 Å². The number of rotatable bonds is 5. The Balaban J connectivity index is 0.000000914. The molecule has 1 aliphatic rings. The van der Waals surface area contributed by atoms with Gasteiger partial charge in [-0.3, -0.25) is 0 Å². The Bertz CT molecular complexity index is 2190. The average molecular weight is 654 g/mol. The molecule has 0 amide bonds. The van der Waals surface area contributed by atoms with E-state index in [2.05, 4.69) is 180 Å². The molecule has 8 aromatic rings. The molecule has 0 N–H and O–H groups in total. The van der Waals surface area contributed by atoms with Gasteiger partial charge in [0, 0.05) is 36.0 Å². The molecule has 242 valence electrons. The van der Waals surface area contributed by atoms with Crippen molar-refractivity contribution in [2.45, 2.75) is 53.7 Å². The molecule has 9 rings (SSSR count). The topological polar surface area (TPSA) is 4.93 Å². The predicted molar refractivity (Wildman–Crippen MR) is 212 cm³/mol. The number of para-hydroxylation sites is 2. The predicted octanol–water partition coefficient (Wildman–Crippen LogP) is 13.7. The Morgan fingerprint density at radius 3 is 1.41 bits per heavy atom. The summed E-state index contributed by atoms with van der Waals surface area (Å²) >= 11 is 0. The molecule has 49 heavy (non-hydrogen) atoms. The number of aromatic nitrogens is 1. The summed E-state index contributed by atoms with van der Waals surface area (Å²) in [5.74, 6) is 0. The van der Waals surface area contributed by atoms with Crippen LogP contribution in [0.15, 0.2) is 196 Å². The van der Waals surface area contributed by atoms with Crippen LogP contribution in [0.25, 0.3) is 38.6 Å². The van der Waals surface area contributed by atoms with Gasteiger partial charge in [-0.15, -0.1) is 10.0 Å². The van der Waals surface area contributed by atoms with E-state index in [1.807, 2.05) is 27.7 Å². The zero-order valence-electron chi connectivity index (χ0n) is 28.8. The molecule has 1 nitrogen and oxygen atoms in total. The second kappa shape index (κ2) is 14.0. The van der Waals surface area contributed by atoms with Crippen molar-refractivity contribution in [3.63, 3.8) is 0 Å². The van der Waals surface area contributed by atoms with E-state index in [9.17, 15) is 0 Å². The maximum atomic E-state index is 2.43. The van der Waals surface area contributed by atoms with E-state index in [1.165, 1.54) is 69.3 Å². The normalized spacial score (nSPS) is 11.9. The standard InChI is InChI=1S/C43H31NS.2C2H6/c1-4-15-33(16-5-1)45(34-17-6-2-7-18-34,35-19-8-3-9-20-35)43-26-14-23-36-39-30-32(28-27-31(39)29-40(36)43)44-41-24-12-10-21-37(41)38-22-11-13-25-42(38)44;2*1-2/h1-28,30H,29H2;2*1-2H3. The van der Waals surface area contributed by atoms with Crippen molar-refractivity contribution < 1.29 is 0 Å². The SMILES string of the molecule is CC.CC.c1ccc(S(c2ccccc2)(c2ccccc2)c2cccc3c2Cc2ccc(-n4c5ccccc5c5ccccc54)cc2-3)cc1. The van der Waals surface area contributed by atoms with Gasteiger partial charge >= 0.3 is 0 Å². The highest BCUT2D eigenvalue weighted by Gasteiger charge is 2.37. The van der Waals surface area contributed by atoms with Gasteiger partial charge in [0.2, 0.25) is 0 Å². The molecule has 7 aromatic carbocycles. The monoisotopic (exact) mass is 653 g/mol. The molecule has 2 heteroatoms. The zero-order chi connectivity index (χ0) is 33.8. The molecule has 0 radical (unpaired) electrons. The van der Waals surface area contributed by atoms with Crippen LogP contribution in [0.2, 0.25) is 0 Å². The molecule has 0 saturated carbocycles. The summed E-state index contributed by atoms with van der Waals surface area (Å²) in [6, 6.07) is 65.2. The number of nitrogens with zero attached hydrogens (tertiary/aromatic N) is 1. The van der Waals surface area contributed by atoms with E-state index in [0.29, 0.717) is 0 Å². The van der Waals surface area contributed by atoms with E-state index in [-0.39, 0.29) is 0 Å². The fourth-order valence-corrected chi connectivity index (χ4v) is 11.6. The van der Waals surface area contributed by atoms with Gasteiger partial charge in [0.1, 0.15) is 0 Å². The lowest BCUT2D eigenvalue weighted by Gasteiger charge is -2.43. The van der Waals surface area contributed by atoms with E-state index < -0.39 is 10.0 Å². The van der Waals surface area contributed by atoms with Crippen molar-refractivity contribution >= 4 is 31.8 Å². The zero-order valence-corrected chi connectivity index (χ0v) is 29.6. The molecule has 0 bridgehead atoms. The lowest BCUT2D eigenvalue weighted by Crippen LogP contribution is -2.07. The van der Waals surface area contributed by atoms with Crippen LogP contribution >= 0.6 is 10.0 Å². The first-order chi connectivity index (χ1) is 24.3. The van der Waals surface area contributed by atoms with Crippen LogP contribution in [0.3, 0.4) is 0 Å². The third-order valence-electron chi connectivity index (χ3n) is 9.34. The minimum absolute atomic E-state index is 0.926. The third kappa shape index (κ3) is 5.28. The number of hydrogen-bond donors (Lipinski definition) is 0. The van der Waals surface area contributed by atoms with Crippen molar-refractivity contribution in [1.29, 1.82) is 0 Å². The molecule has 0 saturated heterocycles. The molecule has 0 fully saturated rings. The van der Waals surface area contributed by atoms with Gasteiger partial charge in [-0.2, -0.15) is 0 Å². The highest BCUT2D eigenvalue weighted by atomic mass is 32.3. The number of hydrogen-bond acceptors (Lipinski definition) is 0. The van der Waals surface area contributed by atoms with Crippen molar-refractivity contribution in [3.8, 4) is 16.8 Å². The lowest BCUT2D eigenvalue weighted by atomic mass is 10.1. The minimum Gasteiger partial charge on any atom is -0.309 e. The second-order valence-electron chi connectivity index (χ2n) is 11.7. The Labute approximate surface area is 292 Å². The van der Waals surface area contributed by atoms with Crippen molar-refractivity contribution in [3.05, 3.63) is 187 Å².